The van der Waals surface area contributed by atoms with E-state index in [0.29, 0.717) is 5.84 Å². The number of benzene rings is 7. The summed E-state index contributed by atoms with van der Waals surface area (Å²) < 4.78 is 5.03. The van der Waals surface area contributed by atoms with Crippen molar-refractivity contribution < 1.29 is 0 Å². The van der Waals surface area contributed by atoms with Gasteiger partial charge in [0.15, 0.2) is 5.84 Å². The summed E-state index contributed by atoms with van der Waals surface area (Å²) >= 11 is 1.86. The van der Waals surface area contributed by atoms with E-state index >= 15 is 0 Å². The van der Waals surface area contributed by atoms with Crippen LogP contribution in [-0.2, 0) is 0 Å². The molecule has 236 valence electrons. The van der Waals surface area contributed by atoms with Gasteiger partial charge in [-0.05, 0) is 53.1 Å². The smallest absolute Gasteiger partial charge is 0.159 e. The molecule has 1 N–H and O–H groups in total. The number of nitrogens with one attached hydrogen (secondary N) is 1. The summed E-state index contributed by atoms with van der Waals surface area (Å²) in [6, 6.07) is 60.2. The lowest BCUT2D eigenvalue weighted by molar-refractivity contribution is 0.674. The first-order valence-corrected chi connectivity index (χ1v) is 17.7. The third-order valence-corrected chi connectivity index (χ3v) is 10.8. The molecule has 3 heterocycles. The summed E-state index contributed by atoms with van der Waals surface area (Å²) in [5.74, 6) is 1.51. The summed E-state index contributed by atoms with van der Waals surface area (Å²) in [5.41, 5.74) is 8.89. The minimum absolute atomic E-state index is 0.274. The zero-order valence-corrected chi connectivity index (χ0v) is 27.8. The predicted molar refractivity (Wildman–Crippen MR) is 211 cm³/mol. The van der Waals surface area contributed by atoms with Crippen LogP contribution in [0.5, 0.6) is 0 Å². The van der Waals surface area contributed by atoms with Gasteiger partial charge in [-0.25, -0.2) is 9.98 Å². The van der Waals surface area contributed by atoms with Crippen LogP contribution in [0.1, 0.15) is 22.9 Å². The third-order valence-electron chi connectivity index (χ3n) is 9.66. The van der Waals surface area contributed by atoms with Crippen LogP contribution in [-0.4, -0.2) is 16.2 Å². The van der Waals surface area contributed by atoms with E-state index in [-0.39, 0.29) is 6.17 Å². The molecule has 5 heteroatoms. The Bertz CT molecular complexity index is 2770. The van der Waals surface area contributed by atoms with Crippen LogP contribution in [0.2, 0.25) is 0 Å². The van der Waals surface area contributed by atoms with Crippen molar-refractivity contribution in [3.8, 4) is 16.8 Å². The van der Waals surface area contributed by atoms with Crippen LogP contribution in [0.15, 0.2) is 180 Å². The average molecular weight is 659 g/mol. The number of hydrogen-bond acceptors (Lipinski definition) is 4. The van der Waals surface area contributed by atoms with Crippen molar-refractivity contribution in [2.75, 3.05) is 0 Å². The van der Waals surface area contributed by atoms with E-state index in [4.69, 9.17) is 9.98 Å². The SMILES string of the molecule is c1ccc(-c2ccc(C3=NC(c4ccccc4)NC(c4cccc(-n5c6ccccc6c6c7c(ccc65)sc5ccccc57)c4)=N3)cc2)cc1. The number of hydrogen-bond donors (Lipinski definition) is 1. The van der Waals surface area contributed by atoms with Gasteiger partial charge in [0.2, 0.25) is 0 Å². The van der Waals surface area contributed by atoms with Crippen molar-refractivity contribution in [3.05, 3.63) is 187 Å². The van der Waals surface area contributed by atoms with Crippen molar-refractivity contribution in [1.82, 2.24) is 9.88 Å². The number of thiophene rings is 1. The highest BCUT2D eigenvalue weighted by molar-refractivity contribution is 7.26. The summed E-state index contributed by atoms with van der Waals surface area (Å²) in [6.07, 6.45) is -0.274. The maximum atomic E-state index is 5.16. The molecule has 0 fully saturated rings. The molecule has 0 aliphatic carbocycles. The van der Waals surface area contributed by atoms with Gasteiger partial charge in [-0.15, -0.1) is 11.3 Å². The molecular formula is C45H30N4S. The van der Waals surface area contributed by atoms with Crippen molar-refractivity contribution in [2.45, 2.75) is 6.17 Å². The highest BCUT2D eigenvalue weighted by atomic mass is 32.1. The number of aliphatic imine (C=N–C) groups is 2. The maximum absolute atomic E-state index is 5.16. The molecule has 7 aromatic carbocycles. The van der Waals surface area contributed by atoms with Crippen LogP contribution >= 0.6 is 11.3 Å². The zero-order chi connectivity index (χ0) is 33.0. The Morgan fingerprint density at radius 2 is 1.18 bits per heavy atom. The van der Waals surface area contributed by atoms with Crippen molar-refractivity contribution in [2.24, 2.45) is 9.98 Å². The number of amidine groups is 2. The van der Waals surface area contributed by atoms with Gasteiger partial charge in [-0.1, -0.05) is 133 Å². The molecule has 0 amide bonds. The average Bonchev–Trinajstić information content (AvgIpc) is 3.74. The standard InChI is InChI=1S/C45H30N4S/c1-3-12-29(13-4-1)30-22-24-32(25-23-30)44-46-43(31-14-5-2-6-15-31)47-45(48-44)33-16-11-17-34(28-33)49-37-20-9-7-18-35(37)41-38(49)26-27-40-42(41)36-19-8-10-21-39(36)50-40/h1-28,43H,(H,46,47,48). The Kier molecular flexibility index (Phi) is 6.71. The molecule has 4 nitrogen and oxygen atoms in total. The number of para-hydroxylation sites is 1. The largest absolute Gasteiger partial charge is 0.344 e. The summed E-state index contributed by atoms with van der Waals surface area (Å²) in [5, 5.41) is 8.86. The van der Waals surface area contributed by atoms with Crippen LogP contribution in [0, 0.1) is 0 Å². The van der Waals surface area contributed by atoms with Gasteiger partial charge in [0.25, 0.3) is 0 Å². The van der Waals surface area contributed by atoms with E-state index in [1.165, 1.54) is 53.1 Å². The number of nitrogens with zero attached hydrogens (tertiary/aromatic N) is 3. The summed E-state index contributed by atoms with van der Waals surface area (Å²) in [6.45, 7) is 0. The second-order valence-corrected chi connectivity index (χ2v) is 13.7. The summed E-state index contributed by atoms with van der Waals surface area (Å²) in [7, 11) is 0. The van der Waals surface area contributed by atoms with E-state index in [0.717, 1.165) is 28.2 Å². The van der Waals surface area contributed by atoms with Crippen molar-refractivity contribution in [3.63, 3.8) is 0 Å². The van der Waals surface area contributed by atoms with E-state index in [1.54, 1.807) is 0 Å². The molecule has 1 aliphatic rings. The van der Waals surface area contributed by atoms with Gasteiger partial charge in [-0.2, -0.15) is 0 Å². The minimum atomic E-state index is -0.274. The fraction of sp³-hybridized carbons (Fsp3) is 0.0222. The Balaban J connectivity index is 1.11. The van der Waals surface area contributed by atoms with E-state index in [9.17, 15) is 0 Å². The molecule has 1 aliphatic heterocycles. The quantitative estimate of drug-likeness (QED) is 0.196. The lowest BCUT2D eigenvalue weighted by Crippen LogP contribution is -2.33. The number of rotatable bonds is 5. The Morgan fingerprint density at radius 3 is 2.02 bits per heavy atom. The second-order valence-electron chi connectivity index (χ2n) is 12.6. The van der Waals surface area contributed by atoms with Crippen LogP contribution < -0.4 is 5.32 Å². The molecule has 0 saturated heterocycles. The molecule has 0 saturated carbocycles. The van der Waals surface area contributed by atoms with Crippen molar-refractivity contribution in [1.29, 1.82) is 0 Å². The maximum Gasteiger partial charge on any atom is 0.159 e. The van der Waals surface area contributed by atoms with Gasteiger partial charge in [0, 0.05) is 47.8 Å². The molecule has 0 bridgehead atoms. The van der Waals surface area contributed by atoms with Crippen molar-refractivity contribution >= 4 is 65.0 Å². The predicted octanol–water partition coefficient (Wildman–Crippen LogP) is 11.3. The Hall–Kier alpha value is -6.30. The number of fused-ring (bicyclic) bond motifs is 7. The monoisotopic (exact) mass is 658 g/mol. The first-order valence-electron chi connectivity index (χ1n) is 16.9. The Morgan fingerprint density at radius 1 is 0.500 bits per heavy atom. The van der Waals surface area contributed by atoms with E-state index in [2.05, 4.69) is 168 Å². The fourth-order valence-corrected chi connectivity index (χ4v) is 8.43. The third kappa shape index (κ3) is 4.74. The van der Waals surface area contributed by atoms with Crippen LogP contribution in [0.4, 0.5) is 0 Å². The molecule has 2 aromatic heterocycles. The minimum Gasteiger partial charge on any atom is -0.344 e. The second kappa shape index (κ2) is 11.7. The van der Waals surface area contributed by atoms with Gasteiger partial charge >= 0.3 is 0 Å². The van der Waals surface area contributed by atoms with Crippen LogP contribution in [0.25, 0.3) is 58.8 Å². The first kappa shape index (κ1) is 28.7. The van der Waals surface area contributed by atoms with Gasteiger partial charge < -0.3 is 9.88 Å². The molecule has 1 unspecified atom stereocenters. The fourth-order valence-electron chi connectivity index (χ4n) is 7.32. The van der Waals surface area contributed by atoms with Gasteiger partial charge in [-0.3, -0.25) is 0 Å². The highest BCUT2D eigenvalue weighted by Gasteiger charge is 2.22. The Labute approximate surface area is 293 Å². The van der Waals surface area contributed by atoms with E-state index < -0.39 is 0 Å². The first-order chi connectivity index (χ1) is 24.8. The van der Waals surface area contributed by atoms with Gasteiger partial charge in [0.05, 0.1) is 11.0 Å². The highest BCUT2D eigenvalue weighted by Crippen LogP contribution is 2.43. The molecule has 50 heavy (non-hydrogen) atoms. The number of aromatic nitrogens is 1. The topological polar surface area (TPSA) is 41.7 Å². The summed E-state index contributed by atoms with van der Waals surface area (Å²) in [4.78, 5) is 10.3. The molecule has 1 atom stereocenters. The van der Waals surface area contributed by atoms with Crippen LogP contribution in [0.3, 0.4) is 0 Å². The zero-order valence-electron chi connectivity index (χ0n) is 27.0. The lowest BCUT2D eigenvalue weighted by atomic mass is 10.0. The molecule has 9 aromatic rings. The van der Waals surface area contributed by atoms with Gasteiger partial charge in [0.1, 0.15) is 12.0 Å². The normalized spacial score (nSPS) is 14.6. The molecular weight excluding hydrogens is 629 g/mol. The van der Waals surface area contributed by atoms with E-state index in [1.807, 2.05) is 23.5 Å². The molecule has 10 rings (SSSR count). The molecule has 0 spiro atoms. The lowest BCUT2D eigenvalue weighted by Gasteiger charge is -2.24. The molecule has 0 radical (unpaired) electrons.